The zero-order chi connectivity index (χ0) is 19.8. The van der Waals surface area contributed by atoms with E-state index in [0.29, 0.717) is 25.5 Å². The number of carboxylic acids is 1. The fourth-order valence-corrected chi connectivity index (χ4v) is 3.11. The van der Waals surface area contributed by atoms with Crippen molar-refractivity contribution in [2.24, 2.45) is 0 Å². The van der Waals surface area contributed by atoms with E-state index < -0.39 is 18.1 Å². The first-order valence-corrected chi connectivity index (χ1v) is 9.00. The minimum atomic E-state index is -0.962. The topological polar surface area (TPSA) is 105 Å². The Morgan fingerprint density at radius 2 is 2.11 bits per heavy atom. The van der Waals surface area contributed by atoms with E-state index in [9.17, 15) is 14.4 Å². The molecule has 0 aromatic heterocycles. The molecule has 2 rings (SSSR count). The summed E-state index contributed by atoms with van der Waals surface area (Å²) >= 11 is 0. The number of nitrogens with one attached hydrogen (secondary N) is 1. The Kier molecular flexibility index (Phi) is 7.60. The van der Waals surface area contributed by atoms with Crippen molar-refractivity contribution in [2.45, 2.75) is 38.8 Å². The Hall–Kier alpha value is -2.61. The molecule has 1 saturated heterocycles. The summed E-state index contributed by atoms with van der Waals surface area (Å²) in [5, 5.41) is 11.7. The lowest BCUT2D eigenvalue weighted by molar-refractivity contribution is -0.148. The van der Waals surface area contributed by atoms with Gasteiger partial charge in [-0.25, -0.2) is 0 Å². The largest absolute Gasteiger partial charge is 0.494 e. The predicted octanol–water partition coefficient (Wildman–Crippen LogP) is 1.35. The fraction of sp³-hybridized carbons (Fsp3) is 0.526. The van der Waals surface area contributed by atoms with Gasteiger partial charge >= 0.3 is 5.97 Å². The van der Waals surface area contributed by atoms with Crippen LogP contribution in [0.5, 0.6) is 5.75 Å². The predicted molar refractivity (Wildman–Crippen MR) is 97.4 cm³/mol. The smallest absolute Gasteiger partial charge is 0.306 e. The highest BCUT2D eigenvalue weighted by atomic mass is 16.5. The van der Waals surface area contributed by atoms with Crippen LogP contribution in [0, 0.1) is 0 Å². The third-order valence-corrected chi connectivity index (χ3v) is 4.24. The van der Waals surface area contributed by atoms with Gasteiger partial charge in [-0.15, -0.1) is 0 Å². The van der Waals surface area contributed by atoms with Gasteiger partial charge in [0.2, 0.25) is 11.8 Å². The van der Waals surface area contributed by atoms with E-state index in [1.807, 2.05) is 25.1 Å². The maximum atomic E-state index is 12.8. The van der Waals surface area contributed by atoms with E-state index in [-0.39, 0.29) is 31.2 Å². The standard InChI is InChI=1S/C19H26N2O6/c1-3-26-17-7-5-4-6-15(17)16(20-13(2)22)11-18(23)21-8-9-27-14(12-21)10-19(24)25/h4-7,14,16H,3,8-12H2,1-2H3,(H,20,22)(H,24,25)/t14-,16+/m0/s1. The average Bonchev–Trinajstić information content (AvgIpc) is 2.61. The summed E-state index contributed by atoms with van der Waals surface area (Å²) in [7, 11) is 0. The molecule has 27 heavy (non-hydrogen) atoms. The first kappa shape index (κ1) is 20.7. The van der Waals surface area contributed by atoms with Gasteiger partial charge in [0.05, 0.1) is 38.2 Å². The molecule has 0 unspecified atom stereocenters. The van der Waals surface area contributed by atoms with Gasteiger partial charge in [-0.1, -0.05) is 18.2 Å². The molecule has 0 radical (unpaired) electrons. The quantitative estimate of drug-likeness (QED) is 0.708. The number of carbonyl (C=O) groups excluding carboxylic acids is 2. The maximum absolute atomic E-state index is 12.8. The first-order valence-electron chi connectivity index (χ1n) is 9.00. The van der Waals surface area contributed by atoms with Crippen LogP contribution < -0.4 is 10.1 Å². The number of morpholine rings is 1. The number of carboxylic acid groups (broad SMARTS) is 1. The monoisotopic (exact) mass is 378 g/mol. The SMILES string of the molecule is CCOc1ccccc1[C@@H](CC(=O)N1CCO[C@@H](CC(=O)O)C1)NC(C)=O. The Bertz CT molecular complexity index is 678. The molecule has 2 atom stereocenters. The minimum Gasteiger partial charge on any atom is -0.494 e. The zero-order valence-electron chi connectivity index (χ0n) is 15.6. The molecule has 1 aromatic carbocycles. The lowest BCUT2D eigenvalue weighted by Gasteiger charge is -2.33. The summed E-state index contributed by atoms with van der Waals surface area (Å²) in [6.45, 7) is 4.66. The summed E-state index contributed by atoms with van der Waals surface area (Å²) < 4.78 is 11.0. The van der Waals surface area contributed by atoms with E-state index >= 15 is 0 Å². The van der Waals surface area contributed by atoms with Crippen molar-refractivity contribution in [3.63, 3.8) is 0 Å². The van der Waals surface area contributed by atoms with Gasteiger partial charge < -0.3 is 24.8 Å². The Labute approximate surface area is 158 Å². The van der Waals surface area contributed by atoms with Crippen molar-refractivity contribution in [1.82, 2.24) is 10.2 Å². The molecule has 0 saturated carbocycles. The Morgan fingerprint density at radius 3 is 2.78 bits per heavy atom. The molecular formula is C19H26N2O6. The highest BCUT2D eigenvalue weighted by Crippen LogP contribution is 2.28. The van der Waals surface area contributed by atoms with Crippen LogP contribution in [0.15, 0.2) is 24.3 Å². The van der Waals surface area contributed by atoms with Gasteiger partial charge in [0.25, 0.3) is 0 Å². The second kappa shape index (κ2) is 9.91. The normalized spacial score (nSPS) is 17.9. The summed E-state index contributed by atoms with van der Waals surface area (Å²) in [4.78, 5) is 36.9. The van der Waals surface area contributed by atoms with Crippen molar-refractivity contribution in [1.29, 1.82) is 0 Å². The fourth-order valence-electron chi connectivity index (χ4n) is 3.11. The van der Waals surface area contributed by atoms with Crippen LogP contribution in [0.2, 0.25) is 0 Å². The van der Waals surface area contributed by atoms with Gasteiger partial charge in [0, 0.05) is 25.6 Å². The average molecular weight is 378 g/mol. The maximum Gasteiger partial charge on any atom is 0.306 e. The molecule has 2 N–H and O–H groups in total. The lowest BCUT2D eigenvalue weighted by atomic mass is 10.0. The second-order valence-corrected chi connectivity index (χ2v) is 6.36. The van der Waals surface area contributed by atoms with Crippen molar-refractivity contribution in [2.75, 3.05) is 26.3 Å². The molecule has 2 amide bonds. The third-order valence-electron chi connectivity index (χ3n) is 4.24. The third kappa shape index (κ3) is 6.25. The number of rotatable bonds is 8. The molecule has 8 heteroatoms. The molecule has 1 aromatic rings. The van der Waals surface area contributed by atoms with Crippen LogP contribution in [0.4, 0.5) is 0 Å². The molecule has 0 aliphatic carbocycles. The van der Waals surface area contributed by atoms with E-state index in [2.05, 4.69) is 5.32 Å². The zero-order valence-corrected chi connectivity index (χ0v) is 15.6. The summed E-state index contributed by atoms with van der Waals surface area (Å²) in [6.07, 6.45) is -0.606. The molecule has 1 aliphatic heterocycles. The van der Waals surface area contributed by atoms with Gasteiger partial charge in [-0.3, -0.25) is 14.4 Å². The van der Waals surface area contributed by atoms with Crippen LogP contribution in [0.3, 0.4) is 0 Å². The number of benzene rings is 1. The molecule has 148 valence electrons. The van der Waals surface area contributed by atoms with E-state index in [1.165, 1.54) is 6.92 Å². The Balaban J connectivity index is 2.12. The highest BCUT2D eigenvalue weighted by Gasteiger charge is 2.29. The van der Waals surface area contributed by atoms with Crippen LogP contribution in [0.25, 0.3) is 0 Å². The summed E-state index contributed by atoms with van der Waals surface area (Å²) in [6, 6.07) is 6.76. The van der Waals surface area contributed by atoms with Crippen LogP contribution in [0.1, 0.15) is 38.3 Å². The van der Waals surface area contributed by atoms with Gasteiger partial charge in [-0.2, -0.15) is 0 Å². The van der Waals surface area contributed by atoms with Crippen molar-refractivity contribution in [3.8, 4) is 5.75 Å². The number of carbonyl (C=O) groups is 3. The highest BCUT2D eigenvalue weighted by molar-refractivity contribution is 5.79. The van der Waals surface area contributed by atoms with E-state index in [4.69, 9.17) is 14.6 Å². The van der Waals surface area contributed by atoms with Crippen LogP contribution in [-0.2, 0) is 19.1 Å². The minimum absolute atomic E-state index is 0.0590. The van der Waals surface area contributed by atoms with E-state index in [1.54, 1.807) is 11.0 Å². The van der Waals surface area contributed by atoms with Crippen molar-refractivity contribution < 1.29 is 29.0 Å². The van der Waals surface area contributed by atoms with Crippen LogP contribution >= 0.6 is 0 Å². The molecule has 0 spiro atoms. The molecule has 0 bridgehead atoms. The summed E-state index contributed by atoms with van der Waals surface area (Å²) in [5.41, 5.74) is 0.734. The van der Waals surface area contributed by atoms with Crippen molar-refractivity contribution >= 4 is 17.8 Å². The number of nitrogens with zero attached hydrogens (tertiary/aromatic N) is 1. The Morgan fingerprint density at radius 1 is 1.37 bits per heavy atom. The number of ether oxygens (including phenoxy) is 2. The number of para-hydroxylation sites is 1. The van der Waals surface area contributed by atoms with Crippen molar-refractivity contribution in [3.05, 3.63) is 29.8 Å². The van der Waals surface area contributed by atoms with E-state index in [0.717, 1.165) is 5.56 Å². The van der Waals surface area contributed by atoms with Gasteiger partial charge in [-0.05, 0) is 13.0 Å². The molecule has 1 fully saturated rings. The number of amides is 2. The van der Waals surface area contributed by atoms with Gasteiger partial charge in [0.1, 0.15) is 5.75 Å². The molecular weight excluding hydrogens is 352 g/mol. The number of hydrogen-bond acceptors (Lipinski definition) is 5. The molecule has 8 nitrogen and oxygen atoms in total. The molecule has 1 heterocycles. The van der Waals surface area contributed by atoms with Gasteiger partial charge in [0.15, 0.2) is 0 Å². The number of hydrogen-bond donors (Lipinski definition) is 2. The lowest BCUT2D eigenvalue weighted by Crippen LogP contribution is -2.47. The van der Waals surface area contributed by atoms with Crippen LogP contribution in [-0.4, -0.2) is 60.2 Å². The molecule has 1 aliphatic rings. The number of aliphatic carboxylic acids is 1. The second-order valence-electron chi connectivity index (χ2n) is 6.36. The summed E-state index contributed by atoms with van der Waals surface area (Å²) in [5.74, 6) is -0.753. The first-order chi connectivity index (χ1) is 12.9.